The second-order valence-corrected chi connectivity index (χ2v) is 3.35. The highest BCUT2D eigenvalue weighted by atomic mass is 35.5. The maximum absolute atomic E-state index is 9.07. The van der Waals surface area contributed by atoms with E-state index in [-0.39, 0.29) is 0 Å². The minimum absolute atomic E-state index is 0.490. The highest BCUT2D eigenvalue weighted by Crippen LogP contribution is 2.19. The predicted molar refractivity (Wildman–Crippen MR) is 56.7 cm³/mol. The fraction of sp³-hybridized carbons (Fsp3) is 0.182. The van der Waals surface area contributed by atoms with Crippen LogP contribution in [0.1, 0.15) is 18.1 Å². The number of halogens is 1. The van der Waals surface area contributed by atoms with Crippen LogP contribution in [0.25, 0.3) is 5.03 Å². The summed E-state index contributed by atoms with van der Waals surface area (Å²) in [4.78, 5) is 0. The lowest BCUT2D eigenvalue weighted by molar-refractivity contribution is 0.245. The van der Waals surface area contributed by atoms with Gasteiger partial charge in [-0.3, -0.25) is 0 Å². The standard InChI is InChI=1S/C11H10ClNO/c1-8(14)6-11(12)10-4-2-9(7-13)3-5-10/h2-6,8,14H,1H3/b11-6-. The molecule has 0 aliphatic carbocycles. The maximum Gasteiger partial charge on any atom is 0.0991 e. The zero-order chi connectivity index (χ0) is 10.6. The van der Waals surface area contributed by atoms with Crippen molar-refractivity contribution in [2.75, 3.05) is 0 Å². The van der Waals surface area contributed by atoms with Gasteiger partial charge >= 0.3 is 0 Å². The normalized spacial score (nSPS) is 13.4. The van der Waals surface area contributed by atoms with Gasteiger partial charge < -0.3 is 5.11 Å². The van der Waals surface area contributed by atoms with E-state index in [1.165, 1.54) is 0 Å². The van der Waals surface area contributed by atoms with Gasteiger partial charge in [0.25, 0.3) is 0 Å². The molecular formula is C11H10ClNO. The number of rotatable bonds is 2. The summed E-state index contributed by atoms with van der Waals surface area (Å²) in [6.07, 6.45) is 0.973. The third-order valence-corrected chi connectivity index (χ3v) is 2.02. The molecule has 0 bridgehead atoms. The molecule has 1 aromatic rings. The first-order chi connectivity index (χ1) is 6.63. The SMILES string of the molecule is CC(O)/C=C(\Cl)c1ccc(C#N)cc1. The van der Waals surface area contributed by atoms with E-state index >= 15 is 0 Å². The summed E-state index contributed by atoms with van der Waals surface area (Å²) < 4.78 is 0. The van der Waals surface area contributed by atoms with Gasteiger partial charge in [0.15, 0.2) is 0 Å². The smallest absolute Gasteiger partial charge is 0.0991 e. The average Bonchev–Trinajstić information content (AvgIpc) is 2.17. The number of aliphatic hydroxyl groups is 1. The molecule has 1 aromatic carbocycles. The van der Waals surface area contributed by atoms with E-state index in [9.17, 15) is 0 Å². The highest BCUT2D eigenvalue weighted by molar-refractivity contribution is 6.48. The molecule has 2 nitrogen and oxygen atoms in total. The van der Waals surface area contributed by atoms with Gasteiger partial charge in [0.1, 0.15) is 0 Å². The molecule has 72 valence electrons. The summed E-state index contributed by atoms with van der Waals surface area (Å²) in [5.74, 6) is 0. The van der Waals surface area contributed by atoms with Crippen LogP contribution in [-0.2, 0) is 0 Å². The van der Waals surface area contributed by atoms with Crippen LogP contribution in [-0.4, -0.2) is 11.2 Å². The van der Waals surface area contributed by atoms with Gasteiger partial charge in [-0.25, -0.2) is 0 Å². The van der Waals surface area contributed by atoms with Crippen molar-refractivity contribution in [3.63, 3.8) is 0 Å². The van der Waals surface area contributed by atoms with Gasteiger partial charge in [-0.1, -0.05) is 23.7 Å². The van der Waals surface area contributed by atoms with Crippen LogP contribution in [0.5, 0.6) is 0 Å². The number of nitriles is 1. The van der Waals surface area contributed by atoms with Crippen LogP contribution < -0.4 is 0 Å². The van der Waals surface area contributed by atoms with Crippen molar-refractivity contribution in [2.45, 2.75) is 13.0 Å². The Balaban J connectivity index is 2.93. The Labute approximate surface area is 88.1 Å². The Hall–Kier alpha value is -1.30. The van der Waals surface area contributed by atoms with Gasteiger partial charge in [0.2, 0.25) is 0 Å². The molecule has 0 fully saturated rings. The van der Waals surface area contributed by atoms with Gasteiger partial charge in [0, 0.05) is 5.03 Å². The molecule has 1 atom stereocenters. The molecule has 1 rings (SSSR count). The van der Waals surface area contributed by atoms with Crippen molar-refractivity contribution < 1.29 is 5.11 Å². The second kappa shape index (κ2) is 4.80. The molecule has 1 unspecified atom stereocenters. The van der Waals surface area contributed by atoms with E-state index in [1.54, 1.807) is 37.3 Å². The van der Waals surface area contributed by atoms with Crippen LogP contribution in [0, 0.1) is 11.3 Å². The molecule has 0 aromatic heterocycles. The summed E-state index contributed by atoms with van der Waals surface area (Å²) in [5, 5.41) is 18.1. The van der Waals surface area contributed by atoms with Gasteiger partial charge in [0.05, 0.1) is 17.7 Å². The number of hydrogen-bond donors (Lipinski definition) is 1. The summed E-state index contributed by atoms with van der Waals surface area (Å²) in [6.45, 7) is 1.63. The number of nitrogens with zero attached hydrogens (tertiary/aromatic N) is 1. The first-order valence-electron chi connectivity index (χ1n) is 4.19. The monoisotopic (exact) mass is 207 g/mol. The molecule has 0 radical (unpaired) electrons. The van der Waals surface area contributed by atoms with Crippen LogP contribution >= 0.6 is 11.6 Å². The largest absolute Gasteiger partial charge is 0.389 e. The first-order valence-corrected chi connectivity index (χ1v) is 4.57. The van der Waals surface area contributed by atoms with Crippen LogP contribution in [0.4, 0.5) is 0 Å². The minimum Gasteiger partial charge on any atom is -0.389 e. The minimum atomic E-state index is -0.571. The van der Waals surface area contributed by atoms with Gasteiger partial charge in [-0.15, -0.1) is 0 Å². The number of benzene rings is 1. The third-order valence-electron chi connectivity index (χ3n) is 1.68. The van der Waals surface area contributed by atoms with Crippen molar-refractivity contribution in [3.8, 4) is 6.07 Å². The molecule has 0 saturated heterocycles. The molecule has 0 spiro atoms. The zero-order valence-corrected chi connectivity index (χ0v) is 8.49. The Morgan fingerprint density at radius 3 is 2.50 bits per heavy atom. The first kappa shape index (κ1) is 10.8. The average molecular weight is 208 g/mol. The lowest BCUT2D eigenvalue weighted by Crippen LogP contribution is -1.93. The zero-order valence-electron chi connectivity index (χ0n) is 7.74. The molecular weight excluding hydrogens is 198 g/mol. The molecule has 3 heteroatoms. The fourth-order valence-electron chi connectivity index (χ4n) is 1.01. The Morgan fingerprint density at radius 1 is 1.50 bits per heavy atom. The molecule has 0 aliphatic heterocycles. The van der Waals surface area contributed by atoms with E-state index in [2.05, 4.69) is 0 Å². The van der Waals surface area contributed by atoms with E-state index in [0.29, 0.717) is 10.6 Å². The Bertz CT molecular complexity index is 373. The van der Waals surface area contributed by atoms with E-state index in [4.69, 9.17) is 22.0 Å². The summed E-state index contributed by atoms with van der Waals surface area (Å²) in [6, 6.07) is 8.90. The number of hydrogen-bond acceptors (Lipinski definition) is 2. The molecule has 14 heavy (non-hydrogen) atoms. The maximum atomic E-state index is 9.07. The van der Waals surface area contributed by atoms with Crippen molar-refractivity contribution in [2.24, 2.45) is 0 Å². The van der Waals surface area contributed by atoms with Crippen LogP contribution in [0.15, 0.2) is 30.3 Å². The fourth-order valence-corrected chi connectivity index (χ4v) is 1.32. The van der Waals surface area contributed by atoms with E-state index in [1.807, 2.05) is 6.07 Å². The molecule has 0 aliphatic rings. The Kier molecular flexibility index (Phi) is 3.70. The molecule has 1 N–H and O–H groups in total. The summed E-state index contributed by atoms with van der Waals surface area (Å²) >= 11 is 5.91. The van der Waals surface area contributed by atoms with E-state index in [0.717, 1.165) is 5.56 Å². The topological polar surface area (TPSA) is 44.0 Å². The predicted octanol–water partition coefficient (Wildman–Crippen LogP) is 2.52. The van der Waals surface area contributed by atoms with Crippen molar-refractivity contribution in [3.05, 3.63) is 41.5 Å². The van der Waals surface area contributed by atoms with Crippen LogP contribution in [0.3, 0.4) is 0 Å². The van der Waals surface area contributed by atoms with Crippen LogP contribution in [0.2, 0.25) is 0 Å². The quantitative estimate of drug-likeness (QED) is 0.810. The van der Waals surface area contributed by atoms with Gasteiger partial charge in [-0.05, 0) is 30.7 Å². The molecule has 0 heterocycles. The lowest BCUT2D eigenvalue weighted by Gasteiger charge is -2.01. The van der Waals surface area contributed by atoms with Gasteiger partial charge in [-0.2, -0.15) is 5.26 Å². The lowest BCUT2D eigenvalue weighted by atomic mass is 10.1. The van der Waals surface area contributed by atoms with Crippen molar-refractivity contribution in [1.29, 1.82) is 5.26 Å². The summed E-state index contributed by atoms with van der Waals surface area (Å²) in [7, 11) is 0. The van der Waals surface area contributed by atoms with E-state index < -0.39 is 6.10 Å². The number of aliphatic hydroxyl groups excluding tert-OH is 1. The second-order valence-electron chi connectivity index (χ2n) is 2.94. The Morgan fingerprint density at radius 2 is 2.07 bits per heavy atom. The van der Waals surface area contributed by atoms with Crippen molar-refractivity contribution in [1.82, 2.24) is 0 Å². The third kappa shape index (κ3) is 2.88. The molecule has 0 saturated carbocycles. The van der Waals surface area contributed by atoms with Crippen molar-refractivity contribution >= 4 is 16.6 Å². The summed E-state index contributed by atoms with van der Waals surface area (Å²) in [5.41, 5.74) is 1.39. The highest BCUT2D eigenvalue weighted by Gasteiger charge is 1.99. The molecule has 0 amide bonds.